The van der Waals surface area contributed by atoms with Gasteiger partial charge in [0.1, 0.15) is 12.3 Å². The second-order valence-corrected chi connectivity index (χ2v) is 8.68. The third kappa shape index (κ3) is 8.25. The fourth-order valence-corrected chi connectivity index (χ4v) is 4.28. The molecule has 3 aromatic rings. The molecule has 0 radical (unpaired) electrons. The van der Waals surface area contributed by atoms with Crippen LogP contribution in [0.15, 0.2) is 91.0 Å². The SMILES string of the molecule is OCNC1CC(OCc2ccccc2)C(OCc2ccccc2)C(CCOCc2ccccc2)O1. The van der Waals surface area contributed by atoms with E-state index in [1.165, 1.54) is 0 Å². The van der Waals surface area contributed by atoms with Crippen molar-refractivity contribution in [2.75, 3.05) is 13.3 Å². The molecule has 0 saturated carbocycles. The van der Waals surface area contributed by atoms with E-state index in [0.29, 0.717) is 39.3 Å². The van der Waals surface area contributed by atoms with Gasteiger partial charge in [-0.3, -0.25) is 5.32 Å². The fraction of sp³-hybridized carbons (Fsp3) is 0.379. The fourth-order valence-electron chi connectivity index (χ4n) is 4.28. The van der Waals surface area contributed by atoms with Gasteiger partial charge in [-0.1, -0.05) is 91.0 Å². The van der Waals surface area contributed by atoms with Crippen LogP contribution in [-0.4, -0.2) is 43.0 Å². The van der Waals surface area contributed by atoms with Crippen LogP contribution < -0.4 is 5.32 Å². The summed E-state index contributed by atoms with van der Waals surface area (Å²) in [7, 11) is 0. The summed E-state index contributed by atoms with van der Waals surface area (Å²) in [6, 6.07) is 30.4. The van der Waals surface area contributed by atoms with Crippen molar-refractivity contribution in [2.45, 2.75) is 57.2 Å². The zero-order valence-corrected chi connectivity index (χ0v) is 20.0. The number of benzene rings is 3. The van der Waals surface area contributed by atoms with Gasteiger partial charge in [-0.15, -0.1) is 0 Å². The lowest BCUT2D eigenvalue weighted by Gasteiger charge is -2.41. The van der Waals surface area contributed by atoms with Gasteiger partial charge in [0.05, 0.1) is 38.8 Å². The molecule has 1 aliphatic heterocycles. The first-order valence-corrected chi connectivity index (χ1v) is 12.2. The minimum Gasteiger partial charge on any atom is -0.381 e. The molecule has 4 atom stereocenters. The highest BCUT2D eigenvalue weighted by Gasteiger charge is 2.40. The van der Waals surface area contributed by atoms with Crippen LogP contribution in [0.1, 0.15) is 29.5 Å². The van der Waals surface area contributed by atoms with Crippen molar-refractivity contribution < 1.29 is 24.1 Å². The standard InChI is InChI=1S/C29H35NO5/c31-22-30-28-18-27(33-20-24-12-6-2-7-13-24)29(34-21-25-14-8-3-9-15-25)26(35-28)16-17-32-19-23-10-4-1-5-11-23/h1-15,26-31H,16-22H2. The molecule has 0 aromatic heterocycles. The van der Waals surface area contributed by atoms with E-state index in [4.69, 9.17) is 18.9 Å². The topological polar surface area (TPSA) is 69.2 Å². The lowest BCUT2D eigenvalue weighted by molar-refractivity contribution is -0.219. The molecule has 0 bridgehead atoms. The Morgan fingerprint density at radius 2 is 1.29 bits per heavy atom. The summed E-state index contributed by atoms with van der Waals surface area (Å²) in [5, 5.41) is 12.5. The van der Waals surface area contributed by atoms with Crippen LogP contribution in [0.25, 0.3) is 0 Å². The van der Waals surface area contributed by atoms with Gasteiger partial charge in [-0.2, -0.15) is 0 Å². The molecule has 3 aromatic carbocycles. The van der Waals surface area contributed by atoms with Crippen LogP contribution in [0.3, 0.4) is 0 Å². The van der Waals surface area contributed by atoms with Crippen LogP contribution >= 0.6 is 0 Å². The Balaban J connectivity index is 1.42. The van der Waals surface area contributed by atoms with E-state index in [9.17, 15) is 5.11 Å². The highest BCUT2D eigenvalue weighted by Crippen LogP contribution is 2.28. The molecule has 1 fully saturated rings. The third-order valence-electron chi connectivity index (χ3n) is 6.09. The molecule has 1 saturated heterocycles. The number of nitrogens with one attached hydrogen (secondary N) is 1. The molecule has 2 N–H and O–H groups in total. The molecular weight excluding hydrogens is 442 g/mol. The zero-order valence-electron chi connectivity index (χ0n) is 20.0. The Bertz CT molecular complexity index is 957. The van der Waals surface area contributed by atoms with Crippen molar-refractivity contribution in [3.63, 3.8) is 0 Å². The molecule has 4 rings (SSSR count). The van der Waals surface area contributed by atoms with Crippen molar-refractivity contribution in [2.24, 2.45) is 0 Å². The number of aliphatic hydroxyl groups excluding tert-OH is 1. The van der Waals surface area contributed by atoms with Gasteiger partial charge in [0.2, 0.25) is 0 Å². The Hall–Kier alpha value is -2.58. The van der Waals surface area contributed by atoms with Gasteiger partial charge in [0.15, 0.2) is 0 Å². The summed E-state index contributed by atoms with van der Waals surface area (Å²) < 4.78 is 25.1. The predicted molar refractivity (Wildman–Crippen MR) is 134 cm³/mol. The van der Waals surface area contributed by atoms with Crippen LogP contribution in [-0.2, 0) is 38.8 Å². The van der Waals surface area contributed by atoms with Gasteiger partial charge in [0, 0.05) is 13.0 Å². The molecule has 35 heavy (non-hydrogen) atoms. The number of aliphatic hydroxyl groups is 1. The molecule has 0 amide bonds. The van der Waals surface area contributed by atoms with Gasteiger partial charge in [0.25, 0.3) is 0 Å². The quantitative estimate of drug-likeness (QED) is 0.281. The average Bonchev–Trinajstić information content (AvgIpc) is 2.91. The Kier molecular flexibility index (Phi) is 10.3. The van der Waals surface area contributed by atoms with Gasteiger partial charge < -0.3 is 24.1 Å². The second kappa shape index (κ2) is 14.1. The Morgan fingerprint density at radius 3 is 1.86 bits per heavy atom. The van der Waals surface area contributed by atoms with Gasteiger partial charge >= 0.3 is 0 Å². The lowest BCUT2D eigenvalue weighted by atomic mass is 9.97. The molecule has 6 nitrogen and oxygen atoms in total. The van der Waals surface area contributed by atoms with Crippen molar-refractivity contribution in [3.05, 3.63) is 108 Å². The monoisotopic (exact) mass is 477 g/mol. The van der Waals surface area contributed by atoms with Crippen molar-refractivity contribution in [1.29, 1.82) is 0 Å². The minimum absolute atomic E-state index is 0.164. The van der Waals surface area contributed by atoms with E-state index >= 15 is 0 Å². The van der Waals surface area contributed by atoms with Gasteiger partial charge in [-0.25, -0.2) is 0 Å². The zero-order chi connectivity index (χ0) is 24.1. The van der Waals surface area contributed by atoms with E-state index < -0.39 is 0 Å². The smallest absolute Gasteiger partial charge is 0.112 e. The molecule has 186 valence electrons. The Morgan fingerprint density at radius 1 is 0.743 bits per heavy atom. The highest BCUT2D eigenvalue weighted by atomic mass is 16.6. The van der Waals surface area contributed by atoms with Crippen molar-refractivity contribution in [1.82, 2.24) is 5.32 Å². The maximum Gasteiger partial charge on any atom is 0.112 e. The summed E-state index contributed by atoms with van der Waals surface area (Å²) >= 11 is 0. The van der Waals surface area contributed by atoms with E-state index in [-0.39, 0.29) is 31.3 Å². The maximum absolute atomic E-state index is 9.47. The summed E-state index contributed by atoms with van der Waals surface area (Å²) in [6.45, 7) is 1.87. The molecular formula is C29H35NO5. The van der Waals surface area contributed by atoms with Crippen LogP contribution in [0.2, 0.25) is 0 Å². The molecule has 0 spiro atoms. The summed E-state index contributed by atoms with van der Waals surface area (Å²) in [4.78, 5) is 0. The first-order valence-electron chi connectivity index (χ1n) is 12.2. The first-order chi connectivity index (χ1) is 17.3. The largest absolute Gasteiger partial charge is 0.381 e. The molecule has 4 unspecified atom stereocenters. The number of rotatable bonds is 13. The number of hydrogen-bond acceptors (Lipinski definition) is 6. The van der Waals surface area contributed by atoms with E-state index in [0.717, 1.165) is 16.7 Å². The maximum atomic E-state index is 9.47. The molecule has 1 aliphatic rings. The van der Waals surface area contributed by atoms with E-state index in [1.54, 1.807) is 0 Å². The summed E-state index contributed by atoms with van der Waals surface area (Å²) in [5.41, 5.74) is 3.34. The van der Waals surface area contributed by atoms with Crippen molar-refractivity contribution in [3.8, 4) is 0 Å². The van der Waals surface area contributed by atoms with Crippen molar-refractivity contribution >= 4 is 0 Å². The second-order valence-electron chi connectivity index (χ2n) is 8.68. The average molecular weight is 478 g/mol. The minimum atomic E-state index is -0.323. The van der Waals surface area contributed by atoms with Crippen LogP contribution in [0.5, 0.6) is 0 Å². The highest BCUT2D eigenvalue weighted by molar-refractivity contribution is 5.15. The third-order valence-corrected chi connectivity index (χ3v) is 6.09. The molecule has 0 aliphatic carbocycles. The molecule has 1 heterocycles. The number of hydrogen-bond donors (Lipinski definition) is 2. The first kappa shape index (κ1) is 25.5. The van der Waals surface area contributed by atoms with E-state index in [1.807, 2.05) is 54.6 Å². The Labute approximate surface area is 207 Å². The van der Waals surface area contributed by atoms with Crippen LogP contribution in [0, 0.1) is 0 Å². The number of ether oxygens (including phenoxy) is 4. The normalized spacial score (nSPS) is 22.2. The van der Waals surface area contributed by atoms with Gasteiger partial charge in [-0.05, 0) is 23.1 Å². The lowest BCUT2D eigenvalue weighted by Crippen LogP contribution is -2.54. The van der Waals surface area contributed by atoms with Crippen LogP contribution in [0.4, 0.5) is 0 Å². The summed E-state index contributed by atoms with van der Waals surface area (Å²) in [6.07, 6.45) is 0.200. The van der Waals surface area contributed by atoms with E-state index in [2.05, 4.69) is 41.7 Å². The molecule has 6 heteroatoms. The predicted octanol–water partition coefficient (Wildman–Crippen LogP) is 4.42. The summed E-state index contributed by atoms with van der Waals surface area (Å²) in [5.74, 6) is 0.